The molecule has 0 aliphatic carbocycles. The molecule has 0 aliphatic heterocycles. The van der Waals surface area contributed by atoms with Crippen LogP contribution in [0.5, 0.6) is 0 Å². The molecule has 0 amide bonds. The van der Waals surface area contributed by atoms with Crippen LogP contribution in [-0.4, -0.2) is 20.7 Å². The SMILES string of the molecule is CCCNc1snnc1Cn1ccc2sccc2c1=O. The standard InChI is InChI=1S/C13H14N4OS2/c1-2-5-14-12-10(15-16-20-12)8-17-6-3-11-9(13(17)18)4-7-19-11/h3-4,6-7,14H,2,5,8H2,1H3. The molecule has 7 heteroatoms. The van der Waals surface area contributed by atoms with Crippen LogP contribution in [0.3, 0.4) is 0 Å². The van der Waals surface area contributed by atoms with Crippen LogP contribution in [0.15, 0.2) is 28.5 Å². The van der Waals surface area contributed by atoms with Crippen LogP contribution in [0.4, 0.5) is 5.00 Å². The summed E-state index contributed by atoms with van der Waals surface area (Å²) in [5.74, 6) is 0. The molecule has 20 heavy (non-hydrogen) atoms. The zero-order chi connectivity index (χ0) is 13.9. The van der Waals surface area contributed by atoms with Crippen molar-refractivity contribution in [1.82, 2.24) is 14.2 Å². The summed E-state index contributed by atoms with van der Waals surface area (Å²) in [6.07, 6.45) is 2.86. The lowest BCUT2D eigenvalue weighted by atomic mass is 10.3. The molecule has 0 saturated heterocycles. The number of aromatic nitrogens is 3. The number of hydrogen-bond acceptors (Lipinski definition) is 6. The Bertz CT molecular complexity index is 774. The van der Waals surface area contributed by atoms with Gasteiger partial charge in [0.05, 0.1) is 11.9 Å². The second-order valence-corrected chi connectivity index (χ2v) is 6.12. The average molecular weight is 306 g/mol. The Morgan fingerprint density at radius 2 is 2.30 bits per heavy atom. The zero-order valence-corrected chi connectivity index (χ0v) is 12.6. The normalized spacial score (nSPS) is 11.1. The maximum atomic E-state index is 12.3. The molecule has 1 N–H and O–H groups in total. The molecule has 3 aromatic rings. The number of nitrogens with zero attached hydrogens (tertiary/aromatic N) is 3. The maximum Gasteiger partial charge on any atom is 0.259 e. The van der Waals surface area contributed by atoms with Crippen molar-refractivity contribution in [2.75, 3.05) is 11.9 Å². The predicted molar refractivity (Wildman–Crippen MR) is 83.9 cm³/mol. The summed E-state index contributed by atoms with van der Waals surface area (Å²) in [5, 5.41) is 11.1. The third-order valence-electron chi connectivity index (χ3n) is 3.00. The van der Waals surface area contributed by atoms with Gasteiger partial charge in [-0.2, -0.15) is 0 Å². The Kier molecular flexibility index (Phi) is 3.79. The van der Waals surface area contributed by atoms with Crippen molar-refractivity contribution in [2.45, 2.75) is 19.9 Å². The van der Waals surface area contributed by atoms with Gasteiger partial charge in [-0.3, -0.25) is 4.79 Å². The minimum absolute atomic E-state index is 0.0261. The molecule has 0 spiro atoms. The third kappa shape index (κ3) is 2.46. The van der Waals surface area contributed by atoms with E-state index in [2.05, 4.69) is 21.8 Å². The van der Waals surface area contributed by atoms with E-state index in [1.165, 1.54) is 11.5 Å². The Balaban J connectivity index is 1.91. The van der Waals surface area contributed by atoms with Crippen molar-refractivity contribution in [3.8, 4) is 0 Å². The van der Waals surface area contributed by atoms with E-state index < -0.39 is 0 Å². The molecule has 104 valence electrons. The molecule has 3 aromatic heterocycles. The summed E-state index contributed by atoms with van der Waals surface area (Å²) >= 11 is 2.92. The molecular weight excluding hydrogens is 292 g/mol. The van der Waals surface area contributed by atoms with Gasteiger partial charge in [-0.15, -0.1) is 16.4 Å². The van der Waals surface area contributed by atoms with Crippen LogP contribution >= 0.6 is 22.9 Å². The van der Waals surface area contributed by atoms with Crippen LogP contribution < -0.4 is 10.9 Å². The lowest BCUT2D eigenvalue weighted by molar-refractivity contribution is 0.743. The van der Waals surface area contributed by atoms with Gasteiger partial charge in [0.25, 0.3) is 5.56 Å². The van der Waals surface area contributed by atoms with Crippen molar-refractivity contribution in [3.63, 3.8) is 0 Å². The molecule has 0 radical (unpaired) electrons. The summed E-state index contributed by atoms with van der Waals surface area (Å²) < 4.78 is 6.67. The highest BCUT2D eigenvalue weighted by atomic mass is 32.1. The first-order valence-corrected chi connectivity index (χ1v) is 8.06. The molecule has 3 rings (SSSR count). The fraction of sp³-hybridized carbons (Fsp3) is 0.308. The first-order chi connectivity index (χ1) is 9.79. The molecule has 0 bridgehead atoms. The molecule has 0 fully saturated rings. The number of anilines is 1. The molecule has 0 atom stereocenters. The van der Waals surface area contributed by atoms with Gasteiger partial charge in [0.1, 0.15) is 10.7 Å². The Morgan fingerprint density at radius 1 is 1.40 bits per heavy atom. The largest absolute Gasteiger partial charge is 0.374 e. The van der Waals surface area contributed by atoms with Crippen LogP contribution in [0.2, 0.25) is 0 Å². The zero-order valence-electron chi connectivity index (χ0n) is 11.0. The van der Waals surface area contributed by atoms with E-state index in [9.17, 15) is 4.79 Å². The number of rotatable bonds is 5. The predicted octanol–water partition coefficient (Wildman–Crippen LogP) is 2.78. The molecule has 0 unspecified atom stereocenters. The minimum atomic E-state index is 0.0261. The quantitative estimate of drug-likeness (QED) is 0.787. The van der Waals surface area contributed by atoms with E-state index in [4.69, 9.17) is 0 Å². The van der Waals surface area contributed by atoms with Gasteiger partial charge in [0.2, 0.25) is 0 Å². The number of thiophene rings is 1. The Hall–Kier alpha value is -1.73. The Morgan fingerprint density at radius 3 is 3.15 bits per heavy atom. The van der Waals surface area contributed by atoms with Crippen LogP contribution in [0, 0.1) is 0 Å². The maximum absolute atomic E-state index is 12.3. The summed E-state index contributed by atoms with van der Waals surface area (Å²) in [6.45, 7) is 3.44. The van der Waals surface area contributed by atoms with Gasteiger partial charge in [-0.05, 0) is 23.9 Å². The van der Waals surface area contributed by atoms with Gasteiger partial charge in [0.15, 0.2) is 0 Å². The second-order valence-electron chi connectivity index (χ2n) is 4.42. The Labute approximate surface area is 124 Å². The fourth-order valence-corrected chi connectivity index (χ4v) is 3.35. The smallest absolute Gasteiger partial charge is 0.259 e. The van der Waals surface area contributed by atoms with E-state index in [1.807, 2.05) is 23.7 Å². The van der Waals surface area contributed by atoms with Crippen molar-refractivity contribution in [3.05, 3.63) is 39.8 Å². The van der Waals surface area contributed by atoms with Crippen molar-refractivity contribution < 1.29 is 0 Å². The summed E-state index contributed by atoms with van der Waals surface area (Å²) in [5.41, 5.74) is 0.846. The molecule has 3 heterocycles. The van der Waals surface area contributed by atoms with E-state index in [0.717, 1.165) is 33.7 Å². The fourth-order valence-electron chi connectivity index (χ4n) is 1.98. The monoisotopic (exact) mass is 306 g/mol. The van der Waals surface area contributed by atoms with E-state index in [-0.39, 0.29) is 5.56 Å². The number of hydrogen-bond donors (Lipinski definition) is 1. The number of fused-ring (bicyclic) bond motifs is 1. The first-order valence-electron chi connectivity index (χ1n) is 6.41. The second kappa shape index (κ2) is 5.72. The average Bonchev–Trinajstić information content (AvgIpc) is 3.09. The van der Waals surface area contributed by atoms with Gasteiger partial charge in [-0.25, -0.2) is 0 Å². The van der Waals surface area contributed by atoms with Crippen molar-refractivity contribution in [1.29, 1.82) is 0 Å². The topological polar surface area (TPSA) is 59.8 Å². The van der Waals surface area contributed by atoms with Gasteiger partial charge in [-0.1, -0.05) is 11.4 Å². The highest BCUT2D eigenvalue weighted by Gasteiger charge is 2.10. The van der Waals surface area contributed by atoms with E-state index >= 15 is 0 Å². The molecule has 0 aliphatic rings. The van der Waals surface area contributed by atoms with Crippen molar-refractivity contribution >= 4 is 38.0 Å². The van der Waals surface area contributed by atoms with Gasteiger partial charge >= 0.3 is 0 Å². The van der Waals surface area contributed by atoms with E-state index in [1.54, 1.807) is 15.9 Å². The highest BCUT2D eigenvalue weighted by Crippen LogP contribution is 2.20. The van der Waals surface area contributed by atoms with E-state index in [0.29, 0.717) is 6.54 Å². The van der Waals surface area contributed by atoms with Gasteiger partial charge in [0, 0.05) is 29.0 Å². The first kappa shape index (κ1) is 13.3. The highest BCUT2D eigenvalue weighted by molar-refractivity contribution is 7.17. The lowest BCUT2D eigenvalue weighted by Gasteiger charge is -2.06. The summed E-state index contributed by atoms with van der Waals surface area (Å²) in [6, 6.07) is 3.84. The third-order valence-corrected chi connectivity index (χ3v) is 4.61. The molecule has 5 nitrogen and oxygen atoms in total. The molecule has 0 aromatic carbocycles. The van der Waals surface area contributed by atoms with Gasteiger partial charge < -0.3 is 9.88 Å². The van der Waals surface area contributed by atoms with Crippen LogP contribution in [0.1, 0.15) is 19.0 Å². The molecular formula is C13H14N4OS2. The number of pyridine rings is 1. The minimum Gasteiger partial charge on any atom is -0.374 e. The summed E-state index contributed by atoms with van der Waals surface area (Å²) in [4.78, 5) is 12.3. The van der Waals surface area contributed by atoms with Crippen LogP contribution in [0.25, 0.3) is 10.1 Å². The summed E-state index contributed by atoms with van der Waals surface area (Å²) in [7, 11) is 0. The lowest BCUT2D eigenvalue weighted by Crippen LogP contribution is -2.20. The van der Waals surface area contributed by atoms with Crippen LogP contribution in [-0.2, 0) is 6.54 Å². The number of nitrogens with one attached hydrogen (secondary N) is 1. The van der Waals surface area contributed by atoms with Crippen molar-refractivity contribution in [2.24, 2.45) is 0 Å². The molecule has 0 saturated carbocycles.